The third kappa shape index (κ3) is 3.90. The first kappa shape index (κ1) is 20.3. The highest BCUT2D eigenvalue weighted by Crippen LogP contribution is 2.35. The summed E-state index contributed by atoms with van der Waals surface area (Å²) in [4.78, 5) is 20.3. The van der Waals surface area contributed by atoms with Gasteiger partial charge in [-0.1, -0.05) is 18.5 Å². The summed E-state index contributed by atoms with van der Waals surface area (Å²) < 4.78 is 2.19. The van der Waals surface area contributed by atoms with Crippen LogP contribution in [0.15, 0.2) is 30.5 Å². The first-order valence-corrected chi connectivity index (χ1v) is 11.1. The molecule has 0 radical (unpaired) electrons. The first-order valence-electron chi connectivity index (χ1n) is 10.7. The Hall–Kier alpha value is -1.98. The second-order valence-corrected chi connectivity index (χ2v) is 8.72. The Bertz CT molecular complexity index is 868. The van der Waals surface area contributed by atoms with Crippen LogP contribution in [0.1, 0.15) is 47.4 Å². The zero-order valence-electron chi connectivity index (χ0n) is 17.7. The minimum Gasteiger partial charge on any atom is -0.369 e. The Kier molecular flexibility index (Phi) is 5.88. The molecule has 156 valence electrons. The van der Waals surface area contributed by atoms with Gasteiger partial charge in [0.25, 0.3) is 5.91 Å². The van der Waals surface area contributed by atoms with Crippen molar-refractivity contribution in [2.75, 3.05) is 44.2 Å². The Morgan fingerprint density at radius 3 is 2.41 bits per heavy atom. The van der Waals surface area contributed by atoms with Crippen molar-refractivity contribution in [2.45, 2.75) is 32.7 Å². The number of hydrogen-bond acceptors (Lipinski definition) is 3. The van der Waals surface area contributed by atoms with Gasteiger partial charge in [-0.15, -0.1) is 0 Å². The third-order valence-electron chi connectivity index (χ3n) is 6.35. The van der Waals surface area contributed by atoms with Gasteiger partial charge in [-0.2, -0.15) is 0 Å². The van der Waals surface area contributed by atoms with Crippen LogP contribution in [0.4, 0.5) is 5.69 Å². The van der Waals surface area contributed by atoms with Gasteiger partial charge in [0.2, 0.25) is 0 Å². The standard InChI is InChI=1S/C23H31ClN4O/c1-4-10-28-11-9-20(22-21(23(28)29)17(2)16-25(22)3)27-14-12-26(13-15-27)19-7-5-18(24)6-8-19/h5-8,16,20H,4,9-15H2,1-3H3. The van der Waals surface area contributed by atoms with Crippen molar-refractivity contribution in [2.24, 2.45) is 7.05 Å². The van der Waals surface area contributed by atoms with Crippen LogP contribution in [-0.2, 0) is 7.05 Å². The summed E-state index contributed by atoms with van der Waals surface area (Å²) in [6, 6.07) is 8.41. The number of benzene rings is 1. The topological polar surface area (TPSA) is 31.7 Å². The van der Waals surface area contributed by atoms with E-state index < -0.39 is 0 Å². The molecule has 2 aliphatic rings. The van der Waals surface area contributed by atoms with Gasteiger partial charge in [-0.3, -0.25) is 9.69 Å². The van der Waals surface area contributed by atoms with Gasteiger partial charge < -0.3 is 14.4 Å². The van der Waals surface area contributed by atoms with Gasteiger partial charge in [0.05, 0.1) is 11.6 Å². The number of anilines is 1. The average molecular weight is 415 g/mol. The number of hydrogen-bond donors (Lipinski definition) is 0. The molecule has 1 atom stereocenters. The summed E-state index contributed by atoms with van der Waals surface area (Å²) in [6.45, 7) is 9.86. The van der Waals surface area contributed by atoms with E-state index in [0.717, 1.165) is 68.3 Å². The van der Waals surface area contributed by atoms with Crippen LogP contribution in [-0.4, -0.2) is 59.5 Å². The molecule has 1 unspecified atom stereocenters. The summed E-state index contributed by atoms with van der Waals surface area (Å²) in [5.74, 6) is 0.210. The molecule has 6 heteroatoms. The highest BCUT2D eigenvalue weighted by atomic mass is 35.5. The van der Waals surface area contributed by atoms with E-state index in [0.29, 0.717) is 6.04 Å². The van der Waals surface area contributed by atoms with Crippen LogP contribution >= 0.6 is 11.6 Å². The lowest BCUT2D eigenvalue weighted by molar-refractivity contribution is 0.0751. The van der Waals surface area contributed by atoms with E-state index in [2.05, 4.69) is 58.5 Å². The maximum absolute atomic E-state index is 13.2. The largest absolute Gasteiger partial charge is 0.369 e. The van der Waals surface area contributed by atoms with E-state index in [4.69, 9.17) is 11.6 Å². The van der Waals surface area contributed by atoms with E-state index in [1.54, 1.807) is 0 Å². The average Bonchev–Trinajstić information content (AvgIpc) is 2.92. The molecular formula is C23H31ClN4O. The molecule has 0 saturated carbocycles. The second kappa shape index (κ2) is 8.41. The number of aryl methyl sites for hydroxylation is 2. The molecule has 0 bridgehead atoms. The quantitative estimate of drug-likeness (QED) is 0.754. The number of piperazine rings is 1. The predicted octanol–water partition coefficient (Wildman–Crippen LogP) is 4.11. The number of carbonyl (C=O) groups excluding carboxylic acids is 1. The maximum Gasteiger partial charge on any atom is 0.256 e. The van der Waals surface area contributed by atoms with Gasteiger partial charge in [-0.25, -0.2) is 0 Å². The molecule has 3 heterocycles. The number of fused-ring (bicyclic) bond motifs is 1. The Balaban J connectivity index is 1.55. The van der Waals surface area contributed by atoms with Crippen LogP contribution in [0, 0.1) is 6.92 Å². The Labute approximate surface area is 178 Å². The Morgan fingerprint density at radius 1 is 1.07 bits per heavy atom. The van der Waals surface area contributed by atoms with Crippen LogP contribution < -0.4 is 4.90 Å². The van der Waals surface area contributed by atoms with Crippen molar-refractivity contribution in [1.82, 2.24) is 14.4 Å². The highest BCUT2D eigenvalue weighted by molar-refractivity contribution is 6.30. The number of rotatable bonds is 4. The fourth-order valence-electron chi connectivity index (χ4n) is 4.94. The molecule has 2 aliphatic heterocycles. The molecule has 0 spiro atoms. The summed E-state index contributed by atoms with van der Waals surface area (Å²) in [7, 11) is 2.09. The normalized spacial score (nSPS) is 20.7. The molecular weight excluding hydrogens is 384 g/mol. The lowest BCUT2D eigenvalue weighted by Crippen LogP contribution is -2.48. The summed E-state index contributed by atoms with van der Waals surface area (Å²) >= 11 is 6.04. The van der Waals surface area contributed by atoms with Gasteiger partial charge in [-0.05, 0) is 49.6 Å². The predicted molar refractivity (Wildman–Crippen MR) is 119 cm³/mol. The van der Waals surface area contributed by atoms with E-state index in [9.17, 15) is 4.79 Å². The molecule has 1 fully saturated rings. The van der Waals surface area contributed by atoms with Crippen molar-refractivity contribution in [3.63, 3.8) is 0 Å². The molecule has 1 aromatic carbocycles. The molecule has 29 heavy (non-hydrogen) atoms. The fraction of sp³-hybridized carbons (Fsp3) is 0.522. The minimum atomic E-state index is 0.210. The van der Waals surface area contributed by atoms with Gasteiger partial charge in [0, 0.05) is 68.9 Å². The van der Waals surface area contributed by atoms with Crippen molar-refractivity contribution in [1.29, 1.82) is 0 Å². The van der Waals surface area contributed by atoms with Gasteiger partial charge in [0.15, 0.2) is 0 Å². The smallest absolute Gasteiger partial charge is 0.256 e. The Morgan fingerprint density at radius 2 is 1.76 bits per heavy atom. The molecule has 0 aliphatic carbocycles. The lowest BCUT2D eigenvalue weighted by Gasteiger charge is -2.40. The lowest BCUT2D eigenvalue weighted by atomic mass is 10.0. The SMILES string of the molecule is CCCN1CCC(N2CCN(c3ccc(Cl)cc3)CC2)c2c(c(C)cn2C)C1=O. The zero-order chi connectivity index (χ0) is 20.5. The van der Waals surface area contributed by atoms with E-state index in [-0.39, 0.29) is 5.91 Å². The molecule has 5 nitrogen and oxygen atoms in total. The molecule has 0 N–H and O–H groups in total. The summed E-state index contributed by atoms with van der Waals surface area (Å²) in [6.07, 6.45) is 4.11. The van der Waals surface area contributed by atoms with Crippen LogP contribution in [0.5, 0.6) is 0 Å². The van der Waals surface area contributed by atoms with E-state index in [1.165, 1.54) is 11.4 Å². The zero-order valence-corrected chi connectivity index (χ0v) is 18.5. The van der Waals surface area contributed by atoms with Crippen molar-refractivity contribution < 1.29 is 4.79 Å². The maximum atomic E-state index is 13.2. The molecule has 1 aromatic heterocycles. The van der Waals surface area contributed by atoms with Gasteiger partial charge in [0.1, 0.15) is 0 Å². The molecule has 2 aromatic rings. The molecule has 1 saturated heterocycles. The highest BCUT2D eigenvalue weighted by Gasteiger charge is 2.35. The van der Waals surface area contributed by atoms with Crippen molar-refractivity contribution in [3.8, 4) is 0 Å². The summed E-state index contributed by atoms with van der Waals surface area (Å²) in [5, 5.41) is 0.777. The molecule has 4 rings (SSSR count). The van der Waals surface area contributed by atoms with E-state index in [1.807, 2.05) is 12.1 Å². The van der Waals surface area contributed by atoms with Crippen LogP contribution in [0.3, 0.4) is 0 Å². The van der Waals surface area contributed by atoms with E-state index >= 15 is 0 Å². The van der Waals surface area contributed by atoms with Crippen molar-refractivity contribution >= 4 is 23.2 Å². The number of halogens is 1. The molecule has 1 amide bonds. The van der Waals surface area contributed by atoms with Gasteiger partial charge >= 0.3 is 0 Å². The monoisotopic (exact) mass is 414 g/mol. The van der Waals surface area contributed by atoms with Crippen LogP contribution in [0.25, 0.3) is 0 Å². The summed E-state index contributed by atoms with van der Waals surface area (Å²) in [5.41, 5.74) is 4.46. The van der Waals surface area contributed by atoms with Crippen LogP contribution in [0.2, 0.25) is 5.02 Å². The second-order valence-electron chi connectivity index (χ2n) is 8.28. The minimum absolute atomic E-state index is 0.210. The van der Waals surface area contributed by atoms with Crippen molar-refractivity contribution in [3.05, 3.63) is 52.3 Å². The number of amides is 1. The number of aromatic nitrogens is 1. The number of nitrogens with zero attached hydrogens (tertiary/aromatic N) is 4. The fourth-order valence-corrected chi connectivity index (χ4v) is 5.07. The number of carbonyl (C=O) groups is 1. The first-order chi connectivity index (χ1) is 14.0. The third-order valence-corrected chi connectivity index (χ3v) is 6.60.